The number of hydrogen-bond acceptors (Lipinski definition) is 6. The Kier molecular flexibility index (Phi) is 6.87. The predicted octanol–water partition coefficient (Wildman–Crippen LogP) is 2.57. The third-order valence-corrected chi connectivity index (χ3v) is 7.54. The van der Waals surface area contributed by atoms with Gasteiger partial charge in [0.1, 0.15) is 11.7 Å². The summed E-state index contributed by atoms with van der Waals surface area (Å²) in [5.41, 5.74) is 4.73. The Labute approximate surface area is 220 Å². The minimum Gasteiger partial charge on any atom is -0.354 e. The maximum atomic E-state index is 13.0. The summed E-state index contributed by atoms with van der Waals surface area (Å²) in [5.74, 6) is -0.156. The zero-order chi connectivity index (χ0) is 25.9. The topological polar surface area (TPSA) is 112 Å². The van der Waals surface area contributed by atoms with Crippen molar-refractivity contribution >= 4 is 28.4 Å². The highest BCUT2D eigenvalue weighted by Gasteiger charge is 2.32. The maximum absolute atomic E-state index is 13.0. The number of nitrogens with zero attached hydrogens (tertiary/aromatic N) is 6. The molecule has 10 nitrogen and oxygen atoms in total. The number of pyridine rings is 1. The Hall–Kier alpha value is -4.05. The van der Waals surface area contributed by atoms with Crippen molar-refractivity contribution in [1.82, 2.24) is 39.9 Å². The summed E-state index contributed by atoms with van der Waals surface area (Å²) in [6, 6.07) is 7.55. The Balaban J connectivity index is 1.07. The fraction of sp³-hybridized carbons (Fsp3) is 0.393. The van der Waals surface area contributed by atoms with Gasteiger partial charge >= 0.3 is 0 Å². The van der Waals surface area contributed by atoms with Gasteiger partial charge in [-0.05, 0) is 68.6 Å². The molecule has 6 rings (SSSR count). The highest BCUT2D eigenvalue weighted by molar-refractivity contribution is 5.97. The number of carbonyl (C=O) groups excluding carboxylic acids is 2. The molecule has 0 spiro atoms. The van der Waals surface area contributed by atoms with E-state index < -0.39 is 6.04 Å². The predicted molar refractivity (Wildman–Crippen MR) is 144 cm³/mol. The van der Waals surface area contributed by atoms with E-state index in [9.17, 15) is 9.59 Å². The fourth-order valence-electron chi connectivity index (χ4n) is 5.60. The number of aromatic nitrogens is 5. The third-order valence-electron chi connectivity index (χ3n) is 7.54. The number of likely N-dealkylation sites (tertiary alicyclic amines) is 2. The van der Waals surface area contributed by atoms with Gasteiger partial charge in [0.05, 0.1) is 11.7 Å². The van der Waals surface area contributed by atoms with E-state index in [1.54, 1.807) is 28.0 Å². The standard InChI is InChI=1S/C28H32N8O2/c37-26(8-5-16-34-14-1-2-15-34)35-17-4-7-25(35)28(38)30-12-9-20-18-22-21(10-13-29-27(22)33-20)23-19-32-36-24(23)6-3-11-31-36/h3,5-6,8,10-11,13,18-19,25H,1-2,4,7,9,12,14-17H2,(H,29,33)(H,30,38). The van der Waals surface area contributed by atoms with Crippen molar-refractivity contribution in [3.05, 3.63) is 60.7 Å². The highest BCUT2D eigenvalue weighted by Crippen LogP contribution is 2.30. The van der Waals surface area contributed by atoms with Crippen LogP contribution in [0.4, 0.5) is 0 Å². The summed E-state index contributed by atoms with van der Waals surface area (Å²) in [6.07, 6.45) is 13.5. The van der Waals surface area contributed by atoms with E-state index in [1.165, 1.54) is 12.8 Å². The molecule has 2 N–H and O–H groups in total. The molecule has 0 aromatic carbocycles. The number of hydrogen-bond donors (Lipinski definition) is 2. The molecule has 1 unspecified atom stereocenters. The van der Waals surface area contributed by atoms with Crippen molar-refractivity contribution in [3.63, 3.8) is 0 Å². The van der Waals surface area contributed by atoms with E-state index in [4.69, 9.17) is 0 Å². The van der Waals surface area contributed by atoms with Gasteiger partial charge in [0.2, 0.25) is 11.8 Å². The summed E-state index contributed by atoms with van der Waals surface area (Å²) in [6.45, 7) is 4.09. The van der Waals surface area contributed by atoms with Crippen molar-refractivity contribution in [2.75, 3.05) is 32.7 Å². The van der Waals surface area contributed by atoms with E-state index >= 15 is 0 Å². The van der Waals surface area contributed by atoms with Crippen molar-refractivity contribution in [1.29, 1.82) is 0 Å². The van der Waals surface area contributed by atoms with Crippen LogP contribution in [0.3, 0.4) is 0 Å². The largest absolute Gasteiger partial charge is 0.354 e. The van der Waals surface area contributed by atoms with Gasteiger partial charge in [0, 0.05) is 61.2 Å². The van der Waals surface area contributed by atoms with Crippen LogP contribution in [0.1, 0.15) is 31.4 Å². The molecule has 1 atom stereocenters. The van der Waals surface area contributed by atoms with Crippen LogP contribution in [0.2, 0.25) is 0 Å². The molecule has 6 heterocycles. The molecular weight excluding hydrogens is 480 g/mol. The molecule has 2 aliphatic rings. The lowest BCUT2D eigenvalue weighted by Gasteiger charge is -2.22. The Morgan fingerprint density at radius 1 is 1.08 bits per heavy atom. The van der Waals surface area contributed by atoms with Crippen LogP contribution in [0.15, 0.2) is 55.0 Å². The average Bonchev–Trinajstić information content (AvgIpc) is 3.74. The van der Waals surface area contributed by atoms with Crippen LogP contribution < -0.4 is 5.32 Å². The van der Waals surface area contributed by atoms with Gasteiger partial charge < -0.3 is 15.2 Å². The number of aromatic amines is 1. The maximum Gasteiger partial charge on any atom is 0.246 e. The molecule has 4 aromatic rings. The molecule has 2 saturated heterocycles. The number of H-pyrrole nitrogens is 1. The monoisotopic (exact) mass is 512 g/mol. The van der Waals surface area contributed by atoms with Gasteiger partial charge in [-0.25, -0.2) is 4.98 Å². The molecule has 0 radical (unpaired) electrons. The van der Waals surface area contributed by atoms with Crippen LogP contribution in [-0.2, 0) is 16.0 Å². The molecule has 10 heteroatoms. The minimum absolute atomic E-state index is 0.0704. The Bertz CT molecular complexity index is 1480. The van der Waals surface area contributed by atoms with E-state index in [1.807, 2.05) is 30.5 Å². The molecule has 2 aliphatic heterocycles. The van der Waals surface area contributed by atoms with Crippen LogP contribution >= 0.6 is 0 Å². The van der Waals surface area contributed by atoms with Crippen molar-refractivity contribution in [2.45, 2.75) is 38.1 Å². The molecule has 2 fully saturated rings. The lowest BCUT2D eigenvalue weighted by molar-refractivity contribution is -0.135. The lowest BCUT2D eigenvalue weighted by Crippen LogP contribution is -2.46. The van der Waals surface area contributed by atoms with E-state index in [0.29, 0.717) is 25.9 Å². The Morgan fingerprint density at radius 2 is 1.97 bits per heavy atom. The van der Waals surface area contributed by atoms with E-state index in [0.717, 1.165) is 59.4 Å². The molecule has 0 bridgehead atoms. The zero-order valence-corrected chi connectivity index (χ0v) is 21.3. The van der Waals surface area contributed by atoms with Crippen LogP contribution in [0, 0.1) is 0 Å². The minimum atomic E-state index is -0.404. The summed E-state index contributed by atoms with van der Waals surface area (Å²) in [5, 5.41) is 12.7. The Morgan fingerprint density at radius 3 is 2.87 bits per heavy atom. The second-order valence-electron chi connectivity index (χ2n) is 10.0. The molecule has 4 aromatic heterocycles. The van der Waals surface area contributed by atoms with Crippen LogP contribution in [0.25, 0.3) is 27.7 Å². The SMILES string of the molecule is O=C(NCCc1cc2c(-c3cnn4ncccc34)ccnc2[nH]1)C1CCCN1C(=O)C=CCN1CCCC1. The zero-order valence-electron chi connectivity index (χ0n) is 21.3. The summed E-state index contributed by atoms with van der Waals surface area (Å²) in [4.78, 5) is 37.7. The molecule has 196 valence electrons. The third kappa shape index (κ3) is 4.91. The first-order chi connectivity index (χ1) is 18.7. The second kappa shape index (κ2) is 10.7. The van der Waals surface area contributed by atoms with E-state index in [-0.39, 0.29) is 11.8 Å². The van der Waals surface area contributed by atoms with Gasteiger partial charge in [-0.1, -0.05) is 6.08 Å². The quantitative estimate of drug-likeness (QED) is 0.351. The van der Waals surface area contributed by atoms with Gasteiger partial charge in [0.15, 0.2) is 0 Å². The normalized spacial score (nSPS) is 18.3. The lowest BCUT2D eigenvalue weighted by atomic mass is 10.1. The smallest absolute Gasteiger partial charge is 0.246 e. The first kappa shape index (κ1) is 24.3. The molecule has 0 saturated carbocycles. The molecule has 0 aliphatic carbocycles. The molecule has 38 heavy (non-hydrogen) atoms. The van der Waals surface area contributed by atoms with Gasteiger partial charge in [-0.3, -0.25) is 14.5 Å². The van der Waals surface area contributed by atoms with Crippen molar-refractivity contribution in [2.24, 2.45) is 0 Å². The molecule has 2 amide bonds. The number of nitrogens with one attached hydrogen (secondary N) is 2. The van der Waals surface area contributed by atoms with E-state index in [2.05, 4.69) is 36.4 Å². The number of rotatable bonds is 8. The number of fused-ring (bicyclic) bond motifs is 2. The summed E-state index contributed by atoms with van der Waals surface area (Å²) in [7, 11) is 0. The summed E-state index contributed by atoms with van der Waals surface area (Å²) < 4.78 is 1.62. The second-order valence-corrected chi connectivity index (χ2v) is 10.0. The number of carbonyl (C=O) groups is 2. The van der Waals surface area contributed by atoms with Crippen molar-refractivity contribution in [3.8, 4) is 11.1 Å². The van der Waals surface area contributed by atoms with Crippen molar-refractivity contribution < 1.29 is 9.59 Å². The number of amides is 2. The first-order valence-corrected chi connectivity index (χ1v) is 13.4. The van der Waals surface area contributed by atoms with Gasteiger partial charge in [0.25, 0.3) is 0 Å². The van der Waals surface area contributed by atoms with Crippen LogP contribution in [-0.4, -0.2) is 85.2 Å². The molecular formula is C28H32N8O2. The van der Waals surface area contributed by atoms with Gasteiger partial charge in [-0.15, -0.1) is 0 Å². The fourth-order valence-corrected chi connectivity index (χ4v) is 5.60. The summed E-state index contributed by atoms with van der Waals surface area (Å²) >= 11 is 0. The van der Waals surface area contributed by atoms with Gasteiger partial charge in [-0.2, -0.15) is 14.8 Å². The average molecular weight is 513 g/mol. The van der Waals surface area contributed by atoms with Crippen LogP contribution in [0.5, 0.6) is 0 Å². The highest BCUT2D eigenvalue weighted by atomic mass is 16.2. The first-order valence-electron chi connectivity index (χ1n) is 13.4.